The fourth-order valence-corrected chi connectivity index (χ4v) is 3.15. The molecule has 0 fully saturated rings. The summed E-state index contributed by atoms with van der Waals surface area (Å²) in [6.07, 6.45) is 2.24. The van der Waals surface area contributed by atoms with Crippen LogP contribution >= 0.6 is 35.0 Å². The normalized spacial score (nSPS) is 10.4. The Morgan fingerprint density at radius 2 is 1.96 bits per heavy atom. The second-order valence-electron chi connectivity index (χ2n) is 5.11. The van der Waals surface area contributed by atoms with Gasteiger partial charge in [-0.25, -0.2) is 0 Å². The second-order valence-corrected chi connectivity index (χ2v) is 6.83. The molecule has 0 unspecified atom stereocenters. The Bertz CT molecular complexity index is 796. The number of hydrogen-bond donors (Lipinski definition) is 1. The first-order valence-electron chi connectivity index (χ1n) is 7.53. The number of nitrogens with one attached hydrogen (secondary N) is 1. The summed E-state index contributed by atoms with van der Waals surface area (Å²) in [7, 11) is 0. The monoisotopic (exact) mass is 397 g/mol. The van der Waals surface area contributed by atoms with Gasteiger partial charge in [-0.2, -0.15) is 0 Å². The number of thioether (sulfide) groups is 1. The molecule has 0 aliphatic heterocycles. The first-order valence-corrected chi connectivity index (χ1v) is 9.51. The van der Waals surface area contributed by atoms with Crippen molar-refractivity contribution < 1.29 is 14.3 Å². The third-order valence-electron chi connectivity index (χ3n) is 3.33. The van der Waals surface area contributed by atoms with E-state index in [1.807, 2.05) is 24.5 Å². The van der Waals surface area contributed by atoms with Crippen LogP contribution in [0.5, 0.6) is 5.75 Å². The molecule has 25 heavy (non-hydrogen) atoms. The lowest BCUT2D eigenvalue weighted by molar-refractivity contribution is -0.118. The van der Waals surface area contributed by atoms with Crippen molar-refractivity contribution in [3.63, 3.8) is 0 Å². The number of benzene rings is 2. The number of amides is 1. The van der Waals surface area contributed by atoms with Crippen LogP contribution in [0.15, 0.2) is 41.3 Å². The highest BCUT2D eigenvalue weighted by Crippen LogP contribution is 2.33. The molecule has 0 bridgehead atoms. The largest absolute Gasteiger partial charge is 0.481 e. The Morgan fingerprint density at radius 1 is 1.20 bits per heavy atom. The Hall–Kier alpha value is -1.69. The molecule has 0 spiro atoms. The zero-order valence-electron chi connectivity index (χ0n) is 13.8. The van der Waals surface area contributed by atoms with Gasteiger partial charge in [-0.15, -0.1) is 11.8 Å². The number of carbonyl (C=O) groups is 2. The number of rotatable bonds is 7. The van der Waals surface area contributed by atoms with Crippen LogP contribution in [0.2, 0.25) is 10.0 Å². The van der Waals surface area contributed by atoms with E-state index in [2.05, 4.69) is 5.32 Å². The van der Waals surface area contributed by atoms with E-state index in [4.69, 9.17) is 27.9 Å². The van der Waals surface area contributed by atoms with E-state index in [1.54, 1.807) is 24.8 Å². The van der Waals surface area contributed by atoms with Gasteiger partial charge < -0.3 is 10.1 Å². The van der Waals surface area contributed by atoms with E-state index < -0.39 is 0 Å². The minimum atomic E-state index is -0.348. The highest BCUT2D eigenvalue weighted by atomic mass is 35.5. The molecule has 0 saturated carbocycles. The molecule has 7 heteroatoms. The summed E-state index contributed by atoms with van der Waals surface area (Å²) >= 11 is 13.7. The maximum Gasteiger partial charge on any atom is 0.262 e. The lowest BCUT2D eigenvalue weighted by Crippen LogP contribution is -2.21. The second kappa shape index (κ2) is 9.13. The number of ether oxygens (including phenoxy) is 1. The van der Waals surface area contributed by atoms with Crippen molar-refractivity contribution in [2.24, 2.45) is 0 Å². The lowest BCUT2D eigenvalue weighted by Gasteiger charge is -2.13. The van der Waals surface area contributed by atoms with Crippen LogP contribution in [-0.2, 0) is 4.79 Å². The van der Waals surface area contributed by atoms with E-state index in [1.165, 1.54) is 12.1 Å². The number of hydrogen-bond acceptors (Lipinski definition) is 4. The number of carbonyl (C=O) groups excluding carboxylic acids is 2. The summed E-state index contributed by atoms with van der Waals surface area (Å²) in [5.74, 6) is -0.336. The molecule has 0 saturated heterocycles. The van der Waals surface area contributed by atoms with Gasteiger partial charge in [0.25, 0.3) is 5.91 Å². The van der Waals surface area contributed by atoms with Crippen LogP contribution < -0.4 is 10.1 Å². The highest BCUT2D eigenvalue weighted by Gasteiger charge is 2.17. The minimum Gasteiger partial charge on any atom is -0.481 e. The molecule has 1 amide bonds. The highest BCUT2D eigenvalue weighted by molar-refractivity contribution is 7.98. The average molecular weight is 398 g/mol. The first-order chi connectivity index (χ1) is 11.9. The van der Waals surface area contributed by atoms with Gasteiger partial charge in [0.05, 0.1) is 10.6 Å². The molecule has 2 rings (SSSR count). The molecule has 2 aromatic carbocycles. The molecular formula is C18H17Cl2NO3S. The predicted octanol–water partition coefficient (Wildman–Crippen LogP) is 5.33. The topological polar surface area (TPSA) is 55.4 Å². The molecule has 0 atom stereocenters. The SMILES string of the molecule is CCC(=O)c1cc(Cl)cc(Cl)c1OCC(=O)Nc1cccc(SC)c1. The Morgan fingerprint density at radius 3 is 2.64 bits per heavy atom. The summed E-state index contributed by atoms with van der Waals surface area (Å²) in [5.41, 5.74) is 0.949. The fourth-order valence-electron chi connectivity index (χ4n) is 2.14. The number of halogens is 2. The maximum atomic E-state index is 12.1. The number of Topliss-reactive ketones (excluding diaryl/α,β-unsaturated/α-hetero) is 1. The van der Waals surface area contributed by atoms with Crippen LogP contribution in [0.1, 0.15) is 23.7 Å². The van der Waals surface area contributed by atoms with Crippen LogP contribution in [0.25, 0.3) is 0 Å². The summed E-state index contributed by atoms with van der Waals surface area (Å²) in [6, 6.07) is 10.4. The zero-order chi connectivity index (χ0) is 18.4. The van der Waals surface area contributed by atoms with E-state index in [9.17, 15) is 9.59 Å². The fraction of sp³-hybridized carbons (Fsp3) is 0.222. The zero-order valence-corrected chi connectivity index (χ0v) is 16.1. The van der Waals surface area contributed by atoms with Gasteiger partial charge in [0.15, 0.2) is 12.4 Å². The van der Waals surface area contributed by atoms with Gasteiger partial charge >= 0.3 is 0 Å². The van der Waals surface area contributed by atoms with Crippen LogP contribution in [0.4, 0.5) is 5.69 Å². The van der Waals surface area contributed by atoms with Gasteiger partial charge in [-0.3, -0.25) is 9.59 Å². The molecule has 0 aliphatic rings. The third kappa shape index (κ3) is 5.39. The standard InChI is InChI=1S/C18H17Cl2NO3S/c1-3-16(22)14-7-11(19)8-15(20)18(14)24-10-17(23)21-12-5-4-6-13(9-12)25-2/h4-9H,3,10H2,1-2H3,(H,21,23). The predicted molar refractivity (Wildman–Crippen MR) is 103 cm³/mol. The van der Waals surface area contributed by atoms with E-state index in [-0.39, 0.29) is 41.1 Å². The maximum absolute atomic E-state index is 12.1. The number of ketones is 1. The van der Waals surface area contributed by atoms with Crippen molar-refractivity contribution in [3.05, 3.63) is 52.0 Å². The molecule has 0 heterocycles. The van der Waals surface area contributed by atoms with Gasteiger partial charge in [0.2, 0.25) is 0 Å². The van der Waals surface area contributed by atoms with E-state index in [0.29, 0.717) is 10.7 Å². The summed E-state index contributed by atoms with van der Waals surface area (Å²) in [5, 5.41) is 3.29. The van der Waals surface area contributed by atoms with E-state index in [0.717, 1.165) is 4.90 Å². The van der Waals surface area contributed by atoms with Gasteiger partial charge in [-0.1, -0.05) is 36.2 Å². The Labute approximate surface area is 160 Å². The average Bonchev–Trinajstić information content (AvgIpc) is 2.59. The van der Waals surface area contributed by atoms with Crippen LogP contribution in [-0.4, -0.2) is 24.6 Å². The van der Waals surface area contributed by atoms with E-state index >= 15 is 0 Å². The van der Waals surface area contributed by atoms with Crippen LogP contribution in [0, 0.1) is 0 Å². The summed E-state index contributed by atoms with van der Waals surface area (Å²) < 4.78 is 5.51. The quantitative estimate of drug-likeness (QED) is 0.506. The van der Waals surface area contributed by atoms with Crippen molar-refractivity contribution >= 4 is 52.3 Å². The molecule has 0 aliphatic carbocycles. The molecule has 4 nitrogen and oxygen atoms in total. The first kappa shape index (κ1) is 19.6. The van der Waals surface area contributed by atoms with Crippen LogP contribution in [0.3, 0.4) is 0 Å². The molecule has 132 valence electrons. The van der Waals surface area contributed by atoms with Gasteiger partial charge in [0, 0.05) is 22.0 Å². The molecule has 2 aromatic rings. The molecular weight excluding hydrogens is 381 g/mol. The van der Waals surface area contributed by atoms with Crippen molar-refractivity contribution in [1.29, 1.82) is 0 Å². The molecule has 0 aromatic heterocycles. The van der Waals surface area contributed by atoms with Crippen molar-refractivity contribution in [2.45, 2.75) is 18.2 Å². The Balaban J connectivity index is 2.10. The Kier molecular flexibility index (Phi) is 7.17. The number of anilines is 1. The van der Waals surface area contributed by atoms with Crippen molar-refractivity contribution in [3.8, 4) is 5.75 Å². The summed E-state index contributed by atoms with van der Waals surface area (Å²) in [6.45, 7) is 1.46. The third-order valence-corrected chi connectivity index (χ3v) is 4.56. The lowest BCUT2D eigenvalue weighted by atomic mass is 10.1. The van der Waals surface area contributed by atoms with Crippen molar-refractivity contribution in [1.82, 2.24) is 0 Å². The smallest absolute Gasteiger partial charge is 0.262 e. The van der Waals surface area contributed by atoms with Crippen molar-refractivity contribution in [2.75, 3.05) is 18.2 Å². The van der Waals surface area contributed by atoms with Gasteiger partial charge in [0.1, 0.15) is 5.75 Å². The summed E-state index contributed by atoms with van der Waals surface area (Å²) in [4.78, 5) is 25.2. The molecule has 0 radical (unpaired) electrons. The minimum absolute atomic E-state index is 0.160. The van der Waals surface area contributed by atoms with Gasteiger partial charge in [-0.05, 0) is 36.6 Å². The molecule has 1 N–H and O–H groups in total.